The monoisotopic (exact) mass is 412 g/mol. The second-order valence-electron chi connectivity index (χ2n) is 6.91. The number of aromatic hydroxyl groups is 4. The van der Waals surface area contributed by atoms with Crippen LogP contribution in [-0.2, 0) is 0 Å². The first-order valence-corrected chi connectivity index (χ1v) is 9.55. The Morgan fingerprint density at radius 1 is 0.613 bits per heavy atom. The molecule has 6 nitrogen and oxygen atoms in total. The topological polar surface area (TPSA) is 98.7 Å². The predicted molar refractivity (Wildman–Crippen MR) is 121 cm³/mol. The van der Waals surface area contributed by atoms with Gasteiger partial charge >= 0.3 is 0 Å². The molecule has 6 heteroatoms. The molecule has 1 aromatic heterocycles. The summed E-state index contributed by atoms with van der Waals surface area (Å²) in [5.74, 6) is -0.722. The van der Waals surface area contributed by atoms with Crippen LogP contribution in [0.4, 0.5) is 0 Å². The SMILES string of the molecule is Oc1ccc(/C=C/c2cn(-c3ccccc3)nc2/C=C/c2ccc(O)c(O)c2)cc1O. The number of hydrogen-bond acceptors (Lipinski definition) is 5. The molecule has 31 heavy (non-hydrogen) atoms. The minimum Gasteiger partial charge on any atom is -0.504 e. The van der Waals surface area contributed by atoms with Gasteiger partial charge in [0.15, 0.2) is 23.0 Å². The van der Waals surface area contributed by atoms with E-state index < -0.39 is 0 Å². The zero-order valence-electron chi connectivity index (χ0n) is 16.4. The van der Waals surface area contributed by atoms with Crippen molar-refractivity contribution in [1.82, 2.24) is 9.78 Å². The molecule has 154 valence electrons. The van der Waals surface area contributed by atoms with Crippen molar-refractivity contribution >= 4 is 24.3 Å². The highest BCUT2D eigenvalue weighted by atomic mass is 16.3. The third-order valence-corrected chi connectivity index (χ3v) is 4.68. The van der Waals surface area contributed by atoms with Gasteiger partial charge in [0.1, 0.15) is 0 Å². The van der Waals surface area contributed by atoms with Crippen LogP contribution in [0, 0.1) is 0 Å². The predicted octanol–water partition coefficient (Wildman–Crippen LogP) is 5.04. The number of benzene rings is 3. The zero-order chi connectivity index (χ0) is 21.8. The summed E-state index contributed by atoms with van der Waals surface area (Å²) in [6.45, 7) is 0. The first-order valence-electron chi connectivity index (χ1n) is 9.55. The Labute approximate surface area is 178 Å². The summed E-state index contributed by atoms with van der Waals surface area (Å²) in [6, 6.07) is 18.9. The maximum absolute atomic E-state index is 9.71. The van der Waals surface area contributed by atoms with E-state index in [1.54, 1.807) is 22.9 Å². The quantitative estimate of drug-likeness (QED) is 0.345. The molecule has 0 atom stereocenters. The second-order valence-corrected chi connectivity index (χ2v) is 6.91. The first-order chi connectivity index (χ1) is 15.0. The summed E-state index contributed by atoms with van der Waals surface area (Å²) in [6.07, 6.45) is 9.18. The summed E-state index contributed by atoms with van der Waals surface area (Å²) < 4.78 is 1.77. The fourth-order valence-corrected chi connectivity index (χ4v) is 3.02. The van der Waals surface area contributed by atoms with Crippen LogP contribution < -0.4 is 0 Å². The molecule has 4 aromatic rings. The minimum atomic E-state index is -0.191. The van der Waals surface area contributed by atoms with Crippen molar-refractivity contribution in [3.8, 4) is 28.7 Å². The van der Waals surface area contributed by atoms with Gasteiger partial charge in [-0.1, -0.05) is 48.6 Å². The number of aromatic nitrogens is 2. The van der Waals surface area contributed by atoms with Crippen LogP contribution in [0.3, 0.4) is 0 Å². The number of rotatable bonds is 5. The molecule has 0 saturated heterocycles. The van der Waals surface area contributed by atoms with Crippen molar-refractivity contribution in [2.24, 2.45) is 0 Å². The lowest BCUT2D eigenvalue weighted by molar-refractivity contribution is 0.403. The van der Waals surface area contributed by atoms with E-state index in [2.05, 4.69) is 5.10 Å². The van der Waals surface area contributed by atoms with Gasteiger partial charge in [-0.05, 0) is 53.6 Å². The minimum absolute atomic E-state index is 0.171. The van der Waals surface area contributed by atoms with E-state index in [0.29, 0.717) is 11.3 Å². The van der Waals surface area contributed by atoms with Crippen LogP contribution in [0.1, 0.15) is 22.4 Å². The highest BCUT2D eigenvalue weighted by molar-refractivity contribution is 5.78. The molecular formula is C25H20N2O4. The number of hydrogen-bond donors (Lipinski definition) is 4. The van der Waals surface area contributed by atoms with Crippen LogP contribution in [-0.4, -0.2) is 30.2 Å². The van der Waals surface area contributed by atoms with E-state index in [1.807, 2.05) is 54.8 Å². The van der Waals surface area contributed by atoms with Gasteiger partial charge in [0.25, 0.3) is 0 Å². The average molecular weight is 412 g/mol. The second kappa shape index (κ2) is 8.51. The van der Waals surface area contributed by atoms with Gasteiger partial charge in [-0.15, -0.1) is 0 Å². The maximum Gasteiger partial charge on any atom is 0.157 e. The zero-order valence-corrected chi connectivity index (χ0v) is 16.4. The number of phenolic OH excluding ortho intramolecular Hbond substituents is 4. The van der Waals surface area contributed by atoms with E-state index in [4.69, 9.17) is 0 Å². The van der Waals surface area contributed by atoms with Gasteiger partial charge in [0.05, 0.1) is 11.4 Å². The third kappa shape index (κ3) is 4.59. The molecule has 0 aliphatic carbocycles. The van der Waals surface area contributed by atoms with E-state index in [9.17, 15) is 20.4 Å². The van der Waals surface area contributed by atoms with Crippen molar-refractivity contribution in [3.63, 3.8) is 0 Å². The molecule has 0 amide bonds. The maximum atomic E-state index is 9.71. The van der Waals surface area contributed by atoms with Gasteiger partial charge in [0, 0.05) is 11.8 Å². The van der Waals surface area contributed by atoms with Crippen LogP contribution in [0.15, 0.2) is 72.9 Å². The molecule has 4 rings (SSSR count). The van der Waals surface area contributed by atoms with Crippen molar-refractivity contribution < 1.29 is 20.4 Å². The first kappa shape index (κ1) is 19.8. The summed E-state index contributed by atoms with van der Waals surface area (Å²) >= 11 is 0. The molecule has 0 saturated carbocycles. The Hall–Kier alpha value is -4.45. The normalized spacial score (nSPS) is 11.5. The van der Waals surface area contributed by atoms with Crippen molar-refractivity contribution in [3.05, 3.63) is 95.3 Å². The van der Waals surface area contributed by atoms with Gasteiger partial charge in [-0.2, -0.15) is 5.10 Å². The number of nitrogens with zero attached hydrogens (tertiary/aromatic N) is 2. The Kier molecular flexibility index (Phi) is 5.45. The fraction of sp³-hybridized carbons (Fsp3) is 0. The van der Waals surface area contributed by atoms with Crippen molar-refractivity contribution in [2.75, 3.05) is 0 Å². The third-order valence-electron chi connectivity index (χ3n) is 4.68. The highest BCUT2D eigenvalue weighted by Crippen LogP contribution is 2.27. The fourth-order valence-electron chi connectivity index (χ4n) is 3.02. The standard InChI is InChI=1S/C25H20N2O4/c28-22-12-8-17(14-24(22)30)6-10-19-16-27(20-4-2-1-3-5-20)26-21(19)11-7-18-9-13-23(29)25(31)15-18/h1-16,28-31H/b10-6+,11-7+. The Balaban J connectivity index is 1.70. The Morgan fingerprint density at radius 3 is 1.77 bits per heavy atom. The van der Waals surface area contributed by atoms with Crippen LogP contribution in [0.5, 0.6) is 23.0 Å². The molecule has 0 radical (unpaired) electrons. The Bertz CT molecular complexity index is 1200. The lowest BCUT2D eigenvalue weighted by Crippen LogP contribution is -1.93. The molecule has 0 aliphatic heterocycles. The van der Waals surface area contributed by atoms with E-state index in [0.717, 1.165) is 16.8 Å². The molecule has 4 N–H and O–H groups in total. The number of phenols is 4. The smallest absolute Gasteiger partial charge is 0.157 e. The summed E-state index contributed by atoms with van der Waals surface area (Å²) in [5, 5.41) is 43.0. The van der Waals surface area contributed by atoms with E-state index >= 15 is 0 Å². The van der Waals surface area contributed by atoms with Crippen molar-refractivity contribution in [1.29, 1.82) is 0 Å². The van der Waals surface area contributed by atoms with E-state index in [1.165, 1.54) is 24.3 Å². The van der Waals surface area contributed by atoms with Crippen LogP contribution in [0.2, 0.25) is 0 Å². The average Bonchev–Trinajstić information content (AvgIpc) is 3.19. The lowest BCUT2D eigenvalue weighted by atomic mass is 10.1. The van der Waals surface area contributed by atoms with Gasteiger partial charge < -0.3 is 20.4 Å². The molecule has 0 unspecified atom stereocenters. The molecule has 1 heterocycles. The number of para-hydroxylation sites is 1. The largest absolute Gasteiger partial charge is 0.504 e. The molecule has 0 aliphatic rings. The van der Waals surface area contributed by atoms with Crippen molar-refractivity contribution in [2.45, 2.75) is 0 Å². The summed E-state index contributed by atoms with van der Waals surface area (Å²) in [7, 11) is 0. The molecule has 0 spiro atoms. The van der Waals surface area contributed by atoms with Crippen LogP contribution >= 0.6 is 0 Å². The van der Waals surface area contributed by atoms with Gasteiger partial charge in [-0.25, -0.2) is 4.68 Å². The Morgan fingerprint density at radius 2 is 1.19 bits per heavy atom. The summed E-state index contributed by atoms with van der Waals surface area (Å²) in [5.41, 5.74) is 3.86. The highest BCUT2D eigenvalue weighted by Gasteiger charge is 2.07. The van der Waals surface area contributed by atoms with Gasteiger partial charge in [-0.3, -0.25) is 0 Å². The van der Waals surface area contributed by atoms with Crippen LogP contribution in [0.25, 0.3) is 30.0 Å². The van der Waals surface area contributed by atoms with Gasteiger partial charge in [0.2, 0.25) is 0 Å². The molecule has 0 fully saturated rings. The lowest BCUT2D eigenvalue weighted by Gasteiger charge is -1.99. The molecule has 3 aromatic carbocycles. The molecular weight excluding hydrogens is 392 g/mol. The summed E-state index contributed by atoms with van der Waals surface area (Å²) in [4.78, 5) is 0. The molecule has 0 bridgehead atoms. The van der Waals surface area contributed by atoms with E-state index in [-0.39, 0.29) is 23.0 Å².